The second-order valence-corrected chi connectivity index (χ2v) is 6.88. The van der Waals surface area contributed by atoms with E-state index in [2.05, 4.69) is 4.98 Å². The van der Waals surface area contributed by atoms with Crippen molar-refractivity contribution in [1.82, 2.24) is 4.98 Å². The molecule has 0 aromatic carbocycles. The highest BCUT2D eigenvalue weighted by Gasteiger charge is 2.17. The molecular weight excluding hydrogens is 266 g/mol. The fraction of sp³-hybridized carbons (Fsp3) is 0.100. The molecule has 2 aromatic heterocycles. The number of nitrogens with zero attached hydrogens (tertiary/aromatic N) is 1. The van der Waals surface area contributed by atoms with E-state index in [-0.39, 0.29) is 4.90 Å². The molecule has 0 spiro atoms. The van der Waals surface area contributed by atoms with Crippen molar-refractivity contribution >= 4 is 31.1 Å². The first kappa shape index (κ1) is 11.6. The van der Waals surface area contributed by atoms with Gasteiger partial charge in [-0.1, -0.05) is 0 Å². The molecule has 2 heterocycles. The Labute approximate surface area is 102 Å². The van der Waals surface area contributed by atoms with Gasteiger partial charge in [-0.2, -0.15) is 0 Å². The first-order chi connectivity index (χ1) is 7.48. The van der Waals surface area contributed by atoms with E-state index in [0.29, 0.717) is 5.69 Å². The summed E-state index contributed by atoms with van der Waals surface area (Å²) in [6, 6.07) is 4.90. The summed E-state index contributed by atoms with van der Waals surface area (Å²) in [6.07, 6.45) is 1.55. The summed E-state index contributed by atoms with van der Waals surface area (Å²) in [7, 11) is 1.60. The molecule has 6 heteroatoms. The van der Waals surface area contributed by atoms with Crippen LogP contribution in [0.25, 0.3) is 11.3 Å². The minimum Gasteiger partial charge on any atom is -0.255 e. The monoisotopic (exact) mass is 273 g/mol. The lowest BCUT2D eigenvalue weighted by Gasteiger charge is -2.02. The summed E-state index contributed by atoms with van der Waals surface area (Å²) < 4.78 is 22.7. The fourth-order valence-corrected chi connectivity index (χ4v) is 3.08. The number of thiophene rings is 1. The molecule has 84 valence electrons. The number of halogens is 1. The maximum atomic E-state index is 11.4. The van der Waals surface area contributed by atoms with E-state index in [9.17, 15) is 8.42 Å². The Bertz CT molecular complexity index is 619. The van der Waals surface area contributed by atoms with Crippen LogP contribution < -0.4 is 0 Å². The first-order valence-electron chi connectivity index (χ1n) is 4.43. The third-order valence-electron chi connectivity index (χ3n) is 2.04. The van der Waals surface area contributed by atoms with Crippen molar-refractivity contribution in [1.29, 1.82) is 0 Å². The molecule has 0 atom stereocenters. The lowest BCUT2D eigenvalue weighted by molar-refractivity contribution is 0.609. The molecular formula is C10H8ClNO2S2. The standard InChI is InChI=1S/C10H8ClNO2S2/c1-7-5-8(6-15-7)10-9(16(11,13)14)3-2-4-12-10/h2-6H,1H3. The molecule has 0 unspecified atom stereocenters. The van der Waals surface area contributed by atoms with Crippen molar-refractivity contribution in [3.63, 3.8) is 0 Å². The Morgan fingerprint density at radius 1 is 1.44 bits per heavy atom. The third kappa shape index (κ3) is 2.26. The zero-order valence-electron chi connectivity index (χ0n) is 8.34. The van der Waals surface area contributed by atoms with Crippen LogP contribution in [-0.2, 0) is 9.05 Å². The lowest BCUT2D eigenvalue weighted by atomic mass is 10.2. The van der Waals surface area contributed by atoms with Crippen molar-refractivity contribution in [2.24, 2.45) is 0 Å². The van der Waals surface area contributed by atoms with Crippen LogP contribution in [0.1, 0.15) is 4.88 Å². The Hall–Kier alpha value is -0.910. The molecule has 16 heavy (non-hydrogen) atoms. The van der Waals surface area contributed by atoms with Gasteiger partial charge in [-0.3, -0.25) is 4.98 Å². The normalized spacial score (nSPS) is 11.6. The topological polar surface area (TPSA) is 47.0 Å². The number of aromatic nitrogens is 1. The fourth-order valence-electron chi connectivity index (χ4n) is 1.37. The summed E-state index contributed by atoms with van der Waals surface area (Å²) >= 11 is 1.54. The van der Waals surface area contributed by atoms with Gasteiger partial charge in [0.1, 0.15) is 4.90 Å². The number of rotatable bonds is 2. The number of pyridine rings is 1. The van der Waals surface area contributed by atoms with Crippen molar-refractivity contribution in [2.75, 3.05) is 0 Å². The van der Waals surface area contributed by atoms with Gasteiger partial charge in [0, 0.05) is 32.7 Å². The van der Waals surface area contributed by atoms with Gasteiger partial charge < -0.3 is 0 Å². The molecule has 0 fully saturated rings. The molecule has 0 aliphatic rings. The molecule has 0 bridgehead atoms. The molecule has 0 radical (unpaired) electrons. The van der Waals surface area contributed by atoms with Crippen LogP contribution in [0.15, 0.2) is 34.7 Å². The van der Waals surface area contributed by atoms with E-state index in [1.807, 2.05) is 18.4 Å². The number of hydrogen-bond donors (Lipinski definition) is 0. The summed E-state index contributed by atoms with van der Waals surface area (Å²) in [6.45, 7) is 1.95. The molecule has 3 nitrogen and oxygen atoms in total. The predicted molar refractivity (Wildman–Crippen MR) is 65.3 cm³/mol. The smallest absolute Gasteiger partial charge is 0.255 e. The average Bonchev–Trinajstić information content (AvgIpc) is 2.64. The molecule has 2 rings (SSSR count). The van der Waals surface area contributed by atoms with Crippen LogP contribution in [0.3, 0.4) is 0 Å². The predicted octanol–water partition coefficient (Wildman–Crippen LogP) is 3.05. The minimum absolute atomic E-state index is 0.0504. The van der Waals surface area contributed by atoms with Crippen molar-refractivity contribution in [3.05, 3.63) is 34.7 Å². The summed E-state index contributed by atoms with van der Waals surface area (Å²) in [5.41, 5.74) is 1.18. The zero-order chi connectivity index (χ0) is 11.8. The van der Waals surface area contributed by atoms with Gasteiger partial charge in [-0.25, -0.2) is 8.42 Å². The molecule has 0 saturated carbocycles. The SMILES string of the molecule is Cc1cc(-c2ncccc2S(=O)(=O)Cl)cs1. The highest BCUT2D eigenvalue weighted by molar-refractivity contribution is 8.13. The summed E-state index contributed by atoms with van der Waals surface area (Å²) in [5.74, 6) is 0. The van der Waals surface area contributed by atoms with E-state index in [4.69, 9.17) is 10.7 Å². The highest BCUT2D eigenvalue weighted by Crippen LogP contribution is 2.30. The quantitative estimate of drug-likeness (QED) is 0.790. The lowest BCUT2D eigenvalue weighted by Crippen LogP contribution is -1.95. The van der Waals surface area contributed by atoms with Crippen LogP contribution in [0.2, 0.25) is 0 Å². The molecule has 0 aliphatic heterocycles. The Kier molecular flexibility index (Phi) is 3.01. The Morgan fingerprint density at radius 2 is 2.19 bits per heavy atom. The van der Waals surface area contributed by atoms with Gasteiger partial charge in [0.05, 0.1) is 5.69 Å². The molecule has 0 amide bonds. The second-order valence-electron chi connectivity index (χ2n) is 3.23. The zero-order valence-corrected chi connectivity index (χ0v) is 10.7. The number of aryl methyl sites for hydroxylation is 1. The summed E-state index contributed by atoms with van der Waals surface area (Å²) in [4.78, 5) is 5.22. The van der Waals surface area contributed by atoms with E-state index in [1.54, 1.807) is 23.6 Å². The van der Waals surface area contributed by atoms with Gasteiger partial charge in [0.15, 0.2) is 0 Å². The van der Waals surface area contributed by atoms with E-state index < -0.39 is 9.05 Å². The van der Waals surface area contributed by atoms with Crippen LogP contribution in [0.5, 0.6) is 0 Å². The van der Waals surface area contributed by atoms with Gasteiger partial charge in [0.2, 0.25) is 0 Å². The van der Waals surface area contributed by atoms with E-state index in [1.165, 1.54) is 6.07 Å². The maximum Gasteiger partial charge on any atom is 0.263 e. The molecule has 0 N–H and O–H groups in total. The van der Waals surface area contributed by atoms with Crippen LogP contribution >= 0.6 is 22.0 Å². The average molecular weight is 274 g/mol. The van der Waals surface area contributed by atoms with Crippen molar-refractivity contribution in [3.8, 4) is 11.3 Å². The van der Waals surface area contributed by atoms with Crippen LogP contribution in [0, 0.1) is 6.92 Å². The largest absolute Gasteiger partial charge is 0.263 e. The Morgan fingerprint density at radius 3 is 2.75 bits per heavy atom. The first-order valence-corrected chi connectivity index (χ1v) is 7.62. The molecule has 0 aliphatic carbocycles. The van der Waals surface area contributed by atoms with E-state index in [0.717, 1.165) is 10.4 Å². The van der Waals surface area contributed by atoms with Gasteiger partial charge in [-0.15, -0.1) is 11.3 Å². The van der Waals surface area contributed by atoms with Crippen LogP contribution in [0.4, 0.5) is 0 Å². The maximum absolute atomic E-state index is 11.4. The second kappa shape index (κ2) is 4.16. The van der Waals surface area contributed by atoms with Crippen LogP contribution in [-0.4, -0.2) is 13.4 Å². The Balaban J connectivity index is 2.66. The third-order valence-corrected chi connectivity index (χ3v) is 4.25. The van der Waals surface area contributed by atoms with Crippen molar-refractivity contribution < 1.29 is 8.42 Å². The van der Waals surface area contributed by atoms with E-state index >= 15 is 0 Å². The highest BCUT2D eigenvalue weighted by atomic mass is 35.7. The van der Waals surface area contributed by atoms with Gasteiger partial charge in [0.25, 0.3) is 9.05 Å². The molecule has 2 aromatic rings. The van der Waals surface area contributed by atoms with Gasteiger partial charge in [-0.05, 0) is 25.1 Å². The minimum atomic E-state index is -3.76. The molecule has 0 saturated heterocycles. The van der Waals surface area contributed by atoms with Crippen molar-refractivity contribution in [2.45, 2.75) is 11.8 Å². The van der Waals surface area contributed by atoms with Gasteiger partial charge >= 0.3 is 0 Å². The number of hydrogen-bond acceptors (Lipinski definition) is 4. The summed E-state index contributed by atoms with van der Waals surface area (Å²) in [5, 5.41) is 1.86.